The summed E-state index contributed by atoms with van der Waals surface area (Å²) in [6.07, 6.45) is 5.45. The molecule has 3 aliphatic rings. The van der Waals surface area contributed by atoms with Gasteiger partial charge in [-0.3, -0.25) is 14.5 Å². The number of carbonyl (C=O) groups excluding carboxylic acids is 2. The minimum atomic E-state index is -1.60. The standard InChI is InChI=1S/C26H26N2O3S/c1-3-4-5-6-9-14-26(31)21-22(24(30)18-11-8-7-10-17(18)23(21)29)27-25-28(26)19-13-12-16(2)15-20(19)32-25/h7-8,10-13,15,31H,3-6,9,14H2,1-2H3. The van der Waals surface area contributed by atoms with Crippen molar-refractivity contribution in [3.05, 3.63) is 70.4 Å². The SMILES string of the molecule is CCCCCCCC1(O)C2=C(N=C3Sc4cc(C)ccc4N31)C(=O)c1ccccc1C2=O. The van der Waals surface area contributed by atoms with E-state index in [4.69, 9.17) is 0 Å². The number of aliphatic imine (C=N–C) groups is 1. The molecule has 1 N–H and O–H groups in total. The van der Waals surface area contributed by atoms with Crippen molar-refractivity contribution in [1.29, 1.82) is 0 Å². The fraction of sp³-hybridized carbons (Fsp3) is 0.346. The van der Waals surface area contributed by atoms with E-state index in [1.165, 1.54) is 11.8 Å². The molecule has 1 unspecified atom stereocenters. The van der Waals surface area contributed by atoms with Crippen molar-refractivity contribution in [3.8, 4) is 0 Å². The second-order valence-electron chi connectivity index (χ2n) is 8.71. The number of carbonyl (C=O) groups is 2. The van der Waals surface area contributed by atoms with E-state index < -0.39 is 5.72 Å². The molecule has 5 rings (SSSR count). The van der Waals surface area contributed by atoms with Gasteiger partial charge in [-0.25, -0.2) is 4.99 Å². The number of ketones is 2. The Hall–Kier alpha value is -2.70. The normalized spacial score (nSPS) is 21.2. The van der Waals surface area contributed by atoms with Crippen LogP contribution >= 0.6 is 11.8 Å². The Bertz CT molecular complexity index is 1200. The van der Waals surface area contributed by atoms with Crippen molar-refractivity contribution in [1.82, 2.24) is 0 Å². The van der Waals surface area contributed by atoms with Crippen LogP contribution in [0.2, 0.25) is 0 Å². The molecule has 0 aromatic heterocycles. The molecule has 0 amide bonds. The highest BCUT2D eigenvalue weighted by molar-refractivity contribution is 8.14. The summed E-state index contributed by atoms with van der Waals surface area (Å²) in [5.41, 5.74) is 1.25. The van der Waals surface area contributed by atoms with Crippen molar-refractivity contribution >= 4 is 34.2 Å². The fourth-order valence-corrected chi connectivity index (χ4v) is 6.01. The maximum absolute atomic E-state index is 13.6. The molecule has 6 heteroatoms. The number of aryl methyl sites for hydroxylation is 1. The molecule has 2 aliphatic heterocycles. The van der Waals surface area contributed by atoms with Gasteiger partial charge in [0.2, 0.25) is 5.78 Å². The van der Waals surface area contributed by atoms with Crippen LogP contribution in [-0.2, 0) is 0 Å². The molecule has 1 atom stereocenters. The first-order valence-electron chi connectivity index (χ1n) is 11.3. The van der Waals surface area contributed by atoms with Gasteiger partial charge in [0, 0.05) is 22.4 Å². The lowest BCUT2D eigenvalue weighted by Gasteiger charge is -2.43. The van der Waals surface area contributed by atoms with Gasteiger partial charge in [0.05, 0.1) is 11.3 Å². The molecular weight excluding hydrogens is 420 g/mol. The van der Waals surface area contributed by atoms with Gasteiger partial charge in [-0.2, -0.15) is 0 Å². The van der Waals surface area contributed by atoms with E-state index in [-0.39, 0.29) is 22.8 Å². The second kappa shape index (κ2) is 8.01. The zero-order valence-electron chi connectivity index (χ0n) is 18.4. The highest BCUT2D eigenvalue weighted by atomic mass is 32.2. The summed E-state index contributed by atoms with van der Waals surface area (Å²) in [7, 11) is 0. The first-order chi connectivity index (χ1) is 15.5. The lowest BCUT2D eigenvalue weighted by molar-refractivity contribution is 0.0612. The third-order valence-corrected chi connectivity index (χ3v) is 7.45. The number of nitrogens with zero attached hydrogens (tertiary/aromatic N) is 2. The van der Waals surface area contributed by atoms with E-state index >= 15 is 0 Å². The van der Waals surface area contributed by atoms with Crippen LogP contribution in [0, 0.1) is 6.92 Å². The van der Waals surface area contributed by atoms with Crippen LogP contribution in [0.25, 0.3) is 0 Å². The summed E-state index contributed by atoms with van der Waals surface area (Å²) >= 11 is 1.44. The Morgan fingerprint density at radius 2 is 1.72 bits per heavy atom. The van der Waals surface area contributed by atoms with Gasteiger partial charge in [0.1, 0.15) is 5.70 Å². The van der Waals surface area contributed by atoms with Gasteiger partial charge in [-0.15, -0.1) is 0 Å². The third-order valence-electron chi connectivity index (χ3n) is 6.45. The van der Waals surface area contributed by atoms with Gasteiger partial charge >= 0.3 is 0 Å². The zero-order valence-corrected chi connectivity index (χ0v) is 19.2. The van der Waals surface area contributed by atoms with Crippen LogP contribution in [0.1, 0.15) is 71.7 Å². The first-order valence-corrected chi connectivity index (χ1v) is 12.1. The fourth-order valence-electron chi connectivity index (χ4n) is 4.83. The molecule has 0 fully saturated rings. The maximum atomic E-state index is 13.6. The highest BCUT2D eigenvalue weighted by Gasteiger charge is 2.54. The zero-order chi connectivity index (χ0) is 22.5. The molecule has 0 spiro atoms. The van der Waals surface area contributed by atoms with Gasteiger partial charge in [-0.1, -0.05) is 62.9 Å². The van der Waals surface area contributed by atoms with E-state index in [0.29, 0.717) is 22.7 Å². The van der Waals surface area contributed by atoms with Crippen molar-refractivity contribution in [2.24, 2.45) is 4.99 Å². The monoisotopic (exact) mass is 446 g/mol. The molecule has 0 saturated carbocycles. The number of hydrogen-bond donors (Lipinski definition) is 1. The number of allylic oxidation sites excluding steroid dienone is 1. The molecule has 0 bridgehead atoms. The molecular formula is C26H26N2O3S. The van der Waals surface area contributed by atoms with E-state index in [1.54, 1.807) is 29.2 Å². The smallest absolute Gasteiger partial charge is 0.212 e. The van der Waals surface area contributed by atoms with Gasteiger partial charge in [-0.05, 0) is 42.8 Å². The number of benzene rings is 2. The molecule has 0 radical (unpaired) electrons. The van der Waals surface area contributed by atoms with Crippen molar-refractivity contribution in [3.63, 3.8) is 0 Å². The number of rotatable bonds is 6. The Balaban J connectivity index is 1.63. The van der Waals surface area contributed by atoms with Crippen LogP contribution in [0.5, 0.6) is 0 Å². The molecule has 0 saturated heterocycles. The summed E-state index contributed by atoms with van der Waals surface area (Å²) in [4.78, 5) is 34.4. The van der Waals surface area contributed by atoms with Crippen LogP contribution in [0.3, 0.4) is 0 Å². The number of anilines is 1. The molecule has 2 heterocycles. The maximum Gasteiger partial charge on any atom is 0.212 e. The van der Waals surface area contributed by atoms with Crippen LogP contribution < -0.4 is 4.90 Å². The van der Waals surface area contributed by atoms with Crippen LogP contribution in [0.4, 0.5) is 5.69 Å². The molecule has 2 aromatic rings. The average Bonchev–Trinajstić information content (AvgIpc) is 3.15. The van der Waals surface area contributed by atoms with E-state index in [1.807, 2.05) is 19.1 Å². The van der Waals surface area contributed by atoms with E-state index in [2.05, 4.69) is 18.0 Å². The lowest BCUT2D eigenvalue weighted by atomic mass is 9.79. The molecule has 5 nitrogen and oxygen atoms in total. The van der Waals surface area contributed by atoms with Gasteiger partial charge in [0.15, 0.2) is 16.7 Å². The Labute approximate surface area is 192 Å². The second-order valence-corrected chi connectivity index (χ2v) is 9.72. The average molecular weight is 447 g/mol. The van der Waals surface area contributed by atoms with Gasteiger partial charge < -0.3 is 5.11 Å². The number of fused-ring (bicyclic) bond motifs is 4. The quantitative estimate of drug-likeness (QED) is 0.580. The Kier molecular flexibility index (Phi) is 5.30. The first kappa shape index (κ1) is 21.2. The number of aliphatic hydroxyl groups is 1. The van der Waals surface area contributed by atoms with Crippen LogP contribution in [0.15, 0.2) is 63.6 Å². The highest BCUT2D eigenvalue weighted by Crippen LogP contribution is 2.51. The summed E-state index contributed by atoms with van der Waals surface area (Å²) < 4.78 is 0. The van der Waals surface area contributed by atoms with E-state index in [0.717, 1.165) is 48.3 Å². The number of amidine groups is 1. The third kappa shape index (κ3) is 3.16. The van der Waals surface area contributed by atoms with Gasteiger partial charge in [0.25, 0.3) is 0 Å². The predicted octanol–water partition coefficient (Wildman–Crippen LogP) is 5.66. The number of Topliss-reactive ketones (excluding diaryl/α,β-unsaturated/α-hetero) is 2. The van der Waals surface area contributed by atoms with Crippen LogP contribution in [-0.4, -0.2) is 27.6 Å². The van der Waals surface area contributed by atoms with Crippen molar-refractivity contribution in [2.45, 2.75) is 63.0 Å². The predicted molar refractivity (Wildman–Crippen MR) is 127 cm³/mol. The van der Waals surface area contributed by atoms with Crippen molar-refractivity contribution < 1.29 is 14.7 Å². The lowest BCUT2D eigenvalue weighted by Crippen LogP contribution is -2.56. The summed E-state index contributed by atoms with van der Waals surface area (Å²) in [5, 5.41) is 12.8. The molecule has 1 aliphatic carbocycles. The summed E-state index contributed by atoms with van der Waals surface area (Å²) in [5.74, 6) is -0.598. The van der Waals surface area contributed by atoms with Crippen molar-refractivity contribution in [2.75, 3.05) is 4.90 Å². The largest absolute Gasteiger partial charge is 0.366 e. The number of unbranched alkanes of at least 4 members (excludes halogenated alkanes) is 4. The number of hydrogen-bond acceptors (Lipinski definition) is 6. The topological polar surface area (TPSA) is 70.0 Å². The van der Waals surface area contributed by atoms with E-state index in [9.17, 15) is 14.7 Å². The Morgan fingerprint density at radius 1 is 1.00 bits per heavy atom. The summed E-state index contributed by atoms with van der Waals surface area (Å²) in [6, 6.07) is 12.8. The minimum absolute atomic E-state index is 0.0908. The Morgan fingerprint density at radius 3 is 2.47 bits per heavy atom. The molecule has 2 aromatic carbocycles. The molecule has 164 valence electrons. The minimum Gasteiger partial charge on any atom is -0.366 e. The summed E-state index contributed by atoms with van der Waals surface area (Å²) in [6.45, 7) is 4.19. The number of thioether (sulfide) groups is 1. The molecule has 32 heavy (non-hydrogen) atoms.